The quantitative estimate of drug-likeness (QED) is 0.844. The Morgan fingerprint density at radius 3 is 2.88 bits per heavy atom. The fourth-order valence-corrected chi connectivity index (χ4v) is 1.62. The zero-order valence-electron chi connectivity index (χ0n) is 9.24. The Labute approximate surface area is 97.0 Å². The van der Waals surface area contributed by atoms with Crippen LogP contribution in [0, 0.1) is 0 Å². The monoisotopic (exact) mass is 242 g/mol. The smallest absolute Gasteiger partial charge is 0.285 e. The van der Waals surface area contributed by atoms with Crippen molar-refractivity contribution < 1.29 is 18.3 Å². The number of likely N-dealkylation sites (N-methyl/N-ethyl adjacent to an activating group) is 1. The van der Waals surface area contributed by atoms with Gasteiger partial charge in [-0.1, -0.05) is 0 Å². The molecule has 1 aliphatic heterocycles. The largest absolute Gasteiger partial charge is 0.482 e. The predicted molar refractivity (Wildman–Crippen MR) is 58.3 cm³/mol. The number of nitrogens with two attached hydrogens (primary N) is 1. The van der Waals surface area contributed by atoms with Crippen LogP contribution in [0.25, 0.3) is 0 Å². The maximum absolute atomic E-state index is 13.4. The van der Waals surface area contributed by atoms with E-state index < -0.39 is 12.5 Å². The molecule has 1 aliphatic rings. The van der Waals surface area contributed by atoms with Gasteiger partial charge in [0, 0.05) is 12.6 Å². The first-order valence-electron chi connectivity index (χ1n) is 5.07. The standard InChI is InChI=1S/C11H12F2N2O2/c1-15-8-4-7(11(12,13)6-14)2-3-9(8)17-5-10(15)16/h2-4H,5-6,14H2,1H3. The third-order valence-corrected chi connectivity index (χ3v) is 2.72. The predicted octanol–water partition coefficient (Wildman–Crippen LogP) is 1.09. The number of alkyl halides is 2. The lowest BCUT2D eigenvalue weighted by molar-refractivity contribution is -0.121. The first-order valence-corrected chi connectivity index (χ1v) is 5.07. The summed E-state index contributed by atoms with van der Waals surface area (Å²) in [6.07, 6.45) is 0. The van der Waals surface area contributed by atoms with E-state index in [1.54, 1.807) is 0 Å². The summed E-state index contributed by atoms with van der Waals surface area (Å²) in [5.41, 5.74) is 5.14. The molecule has 1 amide bonds. The molecule has 0 atom stereocenters. The van der Waals surface area contributed by atoms with E-state index >= 15 is 0 Å². The normalized spacial score (nSPS) is 15.5. The number of anilines is 1. The maximum atomic E-state index is 13.4. The lowest BCUT2D eigenvalue weighted by atomic mass is 10.1. The van der Waals surface area contributed by atoms with Crippen LogP contribution < -0.4 is 15.4 Å². The van der Waals surface area contributed by atoms with Crippen molar-refractivity contribution in [1.29, 1.82) is 0 Å². The van der Waals surface area contributed by atoms with Crippen LogP contribution in [0.5, 0.6) is 5.75 Å². The molecule has 0 spiro atoms. The van der Waals surface area contributed by atoms with Gasteiger partial charge >= 0.3 is 0 Å². The number of amides is 1. The molecule has 0 fully saturated rings. The van der Waals surface area contributed by atoms with Crippen molar-refractivity contribution in [2.75, 3.05) is 25.1 Å². The van der Waals surface area contributed by atoms with Gasteiger partial charge in [-0.3, -0.25) is 4.79 Å². The van der Waals surface area contributed by atoms with E-state index in [1.165, 1.54) is 30.1 Å². The summed E-state index contributed by atoms with van der Waals surface area (Å²) in [5.74, 6) is -2.95. The number of carbonyl (C=O) groups excluding carboxylic acids is 1. The van der Waals surface area contributed by atoms with E-state index in [4.69, 9.17) is 10.5 Å². The lowest BCUT2D eigenvalue weighted by Crippen LogP contribution is -2.36. The first-order chi connectivity index (χ1) is 7.95. The topological polar surface area (TPSA) is 55.6 Å². The van der Waals surface area contributed by atoms with Gasteiger partial charge in [0.15, 0.2) is 6.61 Å². The fourth-order valence-electron chi connectivity index (χ4n) is 1.62. The summed E-state index contributed by atoms with van der Waals surface area (Å²) in [6, 6.07) is 3.92. The third-order valence-electron chi connectivity index (χ3n) is 2.72. The minimum Gasteiger partial charge on any atom is -0.482 e. The molecule has 2 rings (SSSR count). The molecule has 4 nitrogen and oxygen atoms in total. The van der Waals surface area contributed by atoms with E-state index in [0.29, 0.717) is 11.4 Å². The first kappa shape index (κ1) is 11.8. The minimum atomic E-state index is -3.10. The third kappa shape index (κ3) is 1.95. The van der Waals surface area contributed by atoms with Gasteiger partial charge in [0.25, 0.3) is 11.8 Å². The van der Waals surface area contributed by atoms with E-state index in [1.807, 2.05) is 0 Å². The summed E-state index contributed by atoms with van der Waals surface area (Å²) >= 11 is 0. The highest BCUT2D eigenvalue weighted by atomic mass is 19.3. The van der Waals surface area contributed by atoms with Gasteiger partial charge in [-0.25, -0.2) is 0 Å². The van der Waals surface area contributed by atoms with Crippen molar-refractivity contribution in [3.8, 4) is 5.75 Å². The highest BCUT2D eigenvalue weighted by Gasteiger charge is 2.32. The summed E-state index contributed by atoms with van der Waals surface area (Å²) in [5, 5.41) is 0. The van der Waals surface area contributed by atoms with Crippen LogP contribution >= 0.6 is 0 Å². The van der Waals surface area contributed by atoms with Gasteiger partial charge in [0.2, 0.25) is 0 Å². The maximum Gasteiger partial charge on any atom is 0.285 e. The average Bonchev–Trinajstić information content (AvgIpc) is 2.33. The average molecular weight is 242 g/mol. The van der Waals surface area contributed by atoms with Gasteiger partial charge in [-0.05, 0) is 18.2 Å². The molecule has 0 unspecified atom stereocenters. The molecule has 2 N–H and O–H groups in total. The van der Waals surface area contributed by atoms with Crippen LogP contribution in [0.3, 0.4) is 0 Å². The molecule has 1 heterocycles. The van der Waals surface area contributed by atoms with Gasteiger partial charge < -0.3 is 15.4 Å². The van der Waals surface area contributed by atoms with Crippen molar-refractivity contribution in [1.82, 2.24) is 0 Å². The Bertz CT molecular complexity index is 463. The Morgan fingerprint density at radius 2 is 2.24 bits per heavy atom. The summed E-state index contributed by atoms with van der Waals surface area (Å²) in [4.78, 5) is 12.7. The number of fused-ring (bicyclic) bond motifs is 1. The fraction of sp³-hybridized carbons (Fsp3) is 0.364. The summed E-state index contributed by atoms with van der Waals surface area (Å²) in [7, 11) is 1.52. The second-order valence-corrected chi connectivity index (χ2v) is 3.83. The molecular weight excluding hydrogens is 230 g/mol. The molecule has 0 aromatic heterocycles. The second-order valence-electron chi connectivity index (χ2n) is 3.83. The molecule has 1 aromatic carbocycles. The van der Waals surface area contributed by atoms with Crippen LogP contribution in [0.2, 0.25) is 0 Å². The zero-order valence-corrected chi connectivity index (χ0v) is 9.24. The highest BCUT2D eigenvalue weighted by Crippen LogP contribution is 2.36. The Hall–Kier alpha value is -1.69. The van der Waals surface area contributed by atoms with Crippen molar-refractivity contribution in [2.45, 2.75) is 5.92 Å². The van der Waals surface area contributed by atoms with Crippen LogP contribution in [-0.4, -0.2) is 26.1 Å². The molecule has 0 saturated carbocycles. The van der Waals surface area contributed by atoms with Crippen LogP contribution in [0.4, 0.5) is 14.5 Å². The summed E-state index contributed by atoms with van der Waals surface area (Å²) < 4.78 is 32.0. The van der Waals surface area contributed by atoms with Crippen LogP contribution in [-0.2, 0) is 10.7 Å². The number of ether oxygens (including phenoxy) is 1. The van der Waals surface area contributed by atoms with Gasteiger partial charge in [-0.2, -0.15) is 8.78 Å². The number of nitrogens with zero attached hydrogens (tertiary/aromatic N) is 1. The lowest BCUT2D eigenvalue weighted by Gasteiger charge is -2.27. The second kappa shape index (κ2) is 3.96. The van der Waals surface area contributed by atoms with E-state index in [-0.39, 0.29) is 18.1 Å². The summed E-state index contributed by atoms with van der Waals surface area (Å²) in [6.45, 7) is -0.847. The molecule has 0 saturated heterocycles. The molecule has 17 heavy (non-hydrogen) atoms. The van der Waals surface area contributed by atoms with Crippen molar-refractivity contribution in [2.24, 2.45) is 5.73 Å². The Kier molecular flexibility index (Phi) is 2.74. The van der Waals surface area contributed by atoms with E-state index in [0.717, 1.165) is 0 Å². The molecule has 6 heteroatoms. The van der Waals surface area contributed by atoms with E-state index in [2.05, 4.69) is 0 Å². The molecule has 0 radical (unpaired) electrons. The van der Waals surface area contributed by atoms with Crippen LogP contribution in [0.1, 0.15) is 5.56 Å². The van der Waals surface area contributed by atoms with Crippen molar-refractivity contribution in [3.63, 3.8) is 0 Å². The Balaban J connectivity index is 2.46. The highest BCUT2D eigenvalue weighted by molar-refractivity contribution is 5.97. The molecule has 92 valence electrons. The van der Waals surface area contributed by atoms with Crippen molar-refractivity contribution in [3.05, 3.63) is 23.8 Å². The number of benzene rings is 1. The SMILES string of the molecule is CN1C(=O)COc2ccc(C(F)(F)CN)cc21. The minimum absolute atomic E-state index is 0.0733. The molecule has 1 aromatic rings. The molecule has 0 aliphatic carbocycles. The van der Waals surface area contributed by atoms with Crippen LogP contribution in [0.15, 0.2) is 18.2 Å². The number of halogens is 2. The number of carbonyl (C=O) groups is 1. The number of hydrogen-bond donors (Lipinski definition) is 1. The zero-order chi connectivity index (χ0) is 12.6. The van der Waals surface area contributed by atoms with Gasteiger partial charge in [0.05, 0.1) is 12.2 Å². The van der Waals surface area contributed by atoms with E-state index in [9.17, 15) is 13.6 Å². The number of rotatable bonds is 2. The van der Waals surface area contributed by atoms with Crippen molar-refractivity contribution >= 4 is 11.6 Å². The molecular formula is C11H12F2N2O2. The Morgan fingerprint density at radius 1 is 1.53 bits per heavy atom. The van der Waals surface area contributed by atoms with Gasteiger partial charge in [0.1, 0.15) is 5.75 Å². The molecule has 0 bridgehead atoms. The van der Waals surface area contributed by atoms with Gasteiger partial charge in [-0.15, -0.1) is 0 Å². The number of hydrogen-bond acceptors (Lipinski definition) is 3.